The van der Waals surface area contributed by atoms with Crippen LogP contribution in [0.5, 0.6) is 5.88 Å². The maximum absolute atomic E-state index is 12.6. The van der Waals surface area contributed by atoms with Gasteiger partial charge in [-0.1, -0.05) is 12.5 Å². The van der Waals surface area contributed by atoms with Crippen LogP contribution in [0.1, 0.15) is 36.0 Å². The molecule has 0 saturated carbocycles. The van der Waals surface area contributed by atoms with E-state index in [-0.39, 0.29) is 5.91 Å². The number of hydrogen-bond donors (Lipinski definition) is 2. The summed E-state index contributed by atoms with van der Waals surface area (Å²) in [7, 11) is 0. The maximum Gasteiger partial charge on any atom is 0.260 e. The molecule has 2 N–H and O–H groups in total. The van der Waals surface area contributed by atoms with Crippen molar-refractivity contribution in [1.29, 1.82) is 0 Å². The quantitative estimate of drug-likeness (QED) is 0.614. The largest absolute Gasteiger partial charge is 0.478 e. The van der Waals surface area contributed by atoms with Crippen molar-refractivity contribution >= 4 is 22.8 Å². The summed E-state index contributed by atoms with van der Waals surface area (Å²) in [4.78, 5) is 26.8. The van der Waals surface area contributed by atoms with Crippen LogP contribution in [0.15, 0.2) is 42.7 Å². The number of pyridine rings is 2. The number of rotatable bonds is 7. The average molecular weight is 379 g/mol. The smallest absolute Gasteiger partial charge is 0.260 e. The summed E-state index contributed by atoms with van der Waals surface area (Å²) in [6, 6.07) is 9.10. The number of ether oxygens (including phenoxy) is 1. The molecule has 1 fully saturated rings. The SMILES string of the molecule is O=C(Nc1ccccn1)c1c[nH]c2ccc(OCCCN3CCCCC3)nc12. The molecular weight excluding hydrogens is 354 g/mol. The van der Waals surface area contributed by atoms with Crippen molar-refractivity contribution in [3.05, 3.63) is 48.3 Å². The second-order valence-electron chi connectivity index (χ2n) is 7.02. The lowest BCUT2D eigenvalue weighted by Gasteiger charge is -2.26. The molecule has 1 aliphatic rings. The van der Waals surface area contributed by atoms with Crippen LogP contribution in [-0.2, 0) is 0 Å². The number of nitrogens with zero attached hydrogens (tertiary/aromatic N) is 3. The number of nitrogens with one attached hydrogen (secondary N) is 2. The lowest BCUT2D eigenvalue weighted by molar-refractivity contribution is 0.102. The summed E-state index contributed by atoms with van der Waals surface area (Å²) in [5.74, 6) is 0.796. The van der Waals surface area contributed by atoms with Crippen LogP contribution in [-0.4, -0.2) is 52.0 Å². The Kier molecular flexibility index (Phi) is 5.82. The van der Waals surface area contributed by atoms with Gasteiger partial charge >= 0.3 is 0 Å². The Morgan fingerprint density at radius 1 is 1.18 bits per heavy atom. The van der Waals surface area contributed by atoms with Gasteiger partial charge in [0.2, 0.25) is 5.88 Å². The molecule has 0 aliphatic carbocycles. The van der Waals surface area contributed by atoms with Gasteiger partial charge < -0.3 is 19.9 Å². The average Bonchev–Trinajstić information content (AvgIpc) is 3.16. The van der Waals surface area contributed by atoms with Crippen molar-refractivity contribution in [3.63, 3.8) is 0 Å². The van der Waals surface area contributed by atoms with Crippen LogP contribution >= 0.6 is 0 Å². The number of amides is 1. The van der Waals surface area contributed by atoms with E-state index in [9.17, 15) is 4.79 Å². The lowest BCUT2D eigenvalue weighted by Crippen LogP contribution is -2.31. The zero-order valence-electron chi connectivity index (χ0n) is 15.9. The molecule has 28 heavy (non-hydrogen) atoms. The number of H-pyrrole nitrogens is 1. The molecule has 1 saturated heterocycles. The molecule has 0 unspecified atom stereocenters. The molecule has 3 aromatic heterocycles. The number of aromatic nitrogens is 3. The van der Waals surface area contributed by atoms with Gasteiger partial charge in [0.25, 0.3) is 5.91 Å². The third-order valence-electron chi connectivity index (χ3n) is 4.97. The standard InChI is InChI=1S/C21H25N5O2/c27-21(24-18-7-2-3-10-22-18)16-15-23-17-8-9-19(25-20(16)17)28-14-6-13-26-11-4-1-5-12-26/h2-3,7-10,15,23H,1,4-6,11-14H2,(H,22,24,27). The number of aromatic amines is 1. The molecule has 1 aliphatic heterocycles. The van der Waals surface area contributed by atoms with Gasteiger partial charge in [-0.2, -0.15) is 0 Å². The minimum Gasteiger partial charge on any atom is -0.478 e. The highest BCUT2D eigenvalue weighted by Crippen LogP contribution is 2.21. The zero-order valence-corrected chi connectivity index (χ0v) is 15.9. The fourth-order valence-electron chi connectivity index (χ4n) is 3.50. The molecule has 0 bridgehead atoms. The summed E-state index contributed by atoms with van der Waals surface area (Å²) >= 11 is 0. The molecular formula is C21H25N5O2. The summed E-state index contributed by atoms with van der Waals surface area (Å²) in [5, 5.41) is 2.79. The molecule has 0 atom stereocenters. The van der Waals surface area contributed by atoms with Crippen LogP contribution < -0.4 is 10.1 Å². The summed E-state index contributed by atoms with van der Waals surface area (Å²) in [6.07, 6.45) is 8.23. The van der Waals surface area contributed by atoms with Gasteiger partial charge in [-0.25, -0.2) is 9.97 Å². The Bertz CT molecular complexity index is 919. The van der Waals surface area contributed by atoms with E-state index in [1.165, 1.54) is 32.4 Å². The Hall–Kier alpha value is -2.93. The summed E-state index contributed by atoms with van der Waals surface area (Å²) in [5.41, 5.74) is 1.87. The number of piperidine rings is 1. The predicted octanol–water partition coefficient (Wildman–Crippen LogP) is 3.47. The van der Waals surface area contributed by atoms with Gasteiger partial charge in [0.1, 0.15) is 11.3 Å². The van der Waals surface area contributed by atoms with E-state index in [0.717, 1.165) is 18.5 Å². The molecule has 3 aromatic rings. The normalized spacial score (nSPS) is 14.9. The lowest BCUT2D eigenvalue weighted by atomic mass is 10.1. The van der Waals surface area contributed by atoms with E-state index >= 15 is 0 Å². The first-order chi connectivity index (χ1) is 13.8. The van der Waals surface area contributed by atoms with E-state index in [0.29, 0.717) is 29.4 Å². The Morgan fingerprint density at radius 3 is 2.89 bits per heavy atom. The number of anilines is 1. The third-order valence-corrected chi connectivity index (χ3v) is 4.97. The minimum atomic E-state index is -0.250. The van der Waals surface area contributed by atoms with Crippen LogP contribution in [0, 0.1) is 0 Å². The van der Waals surface area contributed by atoms with Crippen molar-refractivity contribution in [1.82, 2.24) is 19.9 Å². The van der Waals surface area contributed by atoms with Crippen molar-refractivity contribution in [3.8, 4) is 5.88 Å². The van der Waals surface area contributed by atoms with Crippen LogP contribution in [0.2, 0.25) is 0 Å². The summed E-state index contributed by atoms with van der Waals surface area (Å²) < 4.78 is 5.83. The van der Waals surface area contributed by atoms with Crippen molar-refractivity contribution < 1.29 is 9.53 Å². The highest BCUT2D eigenvalue weighted by Gasteiger charge is 2.15. The van der Waals surface area contributed by atoms with E-state index < -0.39 is 0 Å². The van der Waals surface area contributed by atoms with Gasteiger partial charge in [-0.15, -0.1) is 0 Å². The van der Waals surface area contributed by atoms with Gasteiger partial charge in [0, 0.05) is 25.0 Å². The second kappa shape index (κ2) is 8.84. The molecule has 7 nitrogen and oxygen atoms in total. The van der Waals surface area contributed by atoms with Crippen molar-refractivity contribution in [2.24, 2.45) is 0 Å². The fourth-order valence-corrected chi connectivity index (χ4v) is 3.50. The number of hydrogen-bond acceptors (Lipinski definition) is 5. The highest BCUT2D eigenvalue weighted by molar-refractivity contribution is 6.11. The molecule has 0 radical (unpaired) electrons. The summed E-state index contributed by atoms with van der Waals surface area (Å²) in [6.45, 7) is 4.07. The molecule has 7 heteroatoms. The Morgan fingerprint density at radius 2 is 2.07 bits per heavy atom. The monoisotopic (exact) mass is 379 g/mol. The fraction of sp³-hybridized carbons (Fsp3) is 0.381. The predicted molar refractivity (Wildman–Crippen MR) is 109 cm³/mol. The Balaban J connectivity index is 1.37. The van der Waals surface area contributed by atoms with Gasteiger partial charge in [0.05, 0.1) is 17.7 Å². The van der Waals surface area contributed by atoms with Crippen molar-refractivity contribution in [2.45, 2.75) is 25.7 Å². The first-order valence-corrected chi connectivity index (χ1v) is 9.85. The molecule has 146 valence electrons. The van der Waals surface area contributed by atoms with Crippen LogP contribution in [0.4, 0.5) is 5.82 Å². The van der Waals surface area contributed by atoms with Crippen LogP contribution in [0.3, 0.4) is 0 Å². The number of fused-ring (bicyclic) bond motifs is 1. The second-order valence-corrected chi connectivity index (χ2v) is 7.02. The molecule has 1 amide bonds. The number of carbonyl (C=O) groups is 1. The Labute approximate surface area is 164 Å². The van der Waals surface area contributed by atoms with Gasteiger partial charge in [-0.3, -0.25) is 4.79 Å². The third kappa shape index (κ3) is 4.48. The highest BCUT2D eigenvalue weighted by atomic mass is 16.5. The molecule has 4 heterocycles. The van der Waals surface area contributed by atoms with Crippen molar-refractivity contribution in [2.75, 3.05) is 31.6 Å². The van der Waals surface area contributed by atoms with Gasteiger partial charge in [-0.05, 0) is 50.6 Å². The topological polar surface area (TPSA) is 83.1 Å². The van der Waals surface area contributed by atoms with E-state index in [2.05, 4.69) is 25.2 Å². The molecule has 0 aromatic carbocycles. The number of likely N-dealkylation sites (tertiary alicyclic amines) is 1. The first-order valence-electron chi connectivity index (χ1n) is 9.85. The van der Waals surface area contributed by atoms with Gasteiger partial charge in [0.15, 0.2) is 0 Å². The molecule has 4 rings (SSSR count). The first kappa shape index (κ1) is 18.4. The zero-order chi connectivity index (χ0) is 19.2. The van der Waals surface area contributed by atoms with E-state index in [1.807, 2.05) is 18.2 Å². The number of carbonyl (C=O) groups excluding carboxylic acids is 1. The van der Waals surface area contributed by atoms with E-state index in [1.54, 1.807) is 24.5 Å². The minimum absolute atomic E-state index is 0.250. The van der Waals surface area contributed by atoms with Crippen LogP contribution in [0.25, 0.3) is 11.0 Å². The van der Waals surface area contributed by atoms with E-state index in [4.69, 9.17) is 4.74 Å². The maximum atomic E-state index is 12.6. The molecule has 0 spiro atoms.